The van der Waals surface area contributed by atoms with Crippen LogP contribution in [0.25, 0.3) is 0 Å². The zero-order chi connectivity index (χ0) is 14.5. The topological polar surface area (TPSA) is 78.8 Å². The molecule has 2 aromatic rings. The Labute approximate surface area is 128 Å². The first-order valence-corrected chi connectivity index (χ1v) is 8.18. The van der Waals surface area contributed by atoms with E-state index in [1.807, 2.05) is 28.9 Å². The molecule has 3 rings (SSSR count). The highest BCUT2D eigenvalue weighted by atomic mass is 32.2. The van der Waals surface area contributed by atoms with Gasteiger partial charge in [-0.15, -0.1) is 5.10 Å². The first-order chi connectivity index (χ1) is 10.4. The predicted octanol–water partition coefficient (Wildman–Crippen LogP) is 2.03. The van der Waals surface area contributed by atoms with Crippen LogP contribution >= 0.6 is 11.8 Å². The highest BCUT2D eigenvalue weighted by Gasteiger charge is 2.27. The summed E-state index contributed by atoms with van der Waals surface area (Å²) >= 11 is 1.69. The predicted molar refractivity (Wildman–Crippen MR) is 81.3 cm³/mol. The monoisotopic (exact) mass is 305 g/mol. The van der Waals surface area contributed by atoms with Crippen LogP contribution in [0, 0.1) is 0 Å². The highest BCUT2D eigenvalue weighted by molar-refractivity contribution is 7.99. The molecule has 0 atom stereocenters. The van der Waals surface area contributed by atoms with Crippen molar-refractivity contribution in [3.05, 3.63) is 29.8 Å². The van der Waals surface area contributed by atoms with Crippen molar-refractivity contribution in [1.82, 2.24) is 20.2 Å². The van der Waals surface area contributed by atoms with Crippen molar-refractivity contribution in [1.29, 1.82) is 0 Å². The molecule has 1 aliphatic carbocycles. The number of benzene rings is 1. The van der Waals surface area contributed by atoms with E-state index in [1.165, 1.54) is 12.8 Å². The van der Waals surface area contributed by atoms with Crippen LogP contribution in [-0.2, 0) is 6.54 Å². The first kappa shape index (κ1) is 14.3. The Hall–Kier alpha value is -1.60. The minimum Gasteiger partial charge on any atom is -0.493 e. The summed E-state index contributed by atoms with van der Waals surface area (Å²) in [6.45, 7) is 1.18. The summed E-state index contributed by atoms with van der Waals surface area (Å²) in [6, 6.07) is 8.42. The molecule has 0 aliphatic heterocycles. The van der Waals surface area contributed by atoms with E-state index in [0.717, 1.165) is 28.6 Å². The van der Waals surface area contributed by atoms with Gasteiger partial charge in [-0.3, -0.25) is 0 Å². The van der Waals surface area contributed by atoms with Gasteiger partial charge in [0.2, 0.25) is 5.16 Å². The zero-order valence-corrected chi connectivity index (χ0v) is 12.6. The molecule has 112 valence electrons. The zero-order valence-electron chi connectivity index (χ0n) is 11.8. The number of nitrogens with two attached hydrogens (primary N) is 1. The molecule has 7 heteroatoms. The number of para-hydroxylation sites is 1. The van der Waals surface area contributed by atoms with Crippen LogP contribution < -0.4 is 10.5 Å². The lowest BCUT2D eigenvalue weighted by atomic mass is 10.2. The Bertz CT molecular complexity index is 584. The van der Waals surface area contributed by atoms with Crippen LogP contribution in [0.15, 0.2) is 29.4 Å². The van der Waals surface area contributed by atoms with Gasteiger partial charge in [0.05, 0.1) is 12.6 Å². The fourth-order valence-corrected chi connectivity index (χ4v) is 2.90. The average Bonchev–Trinajstić information content (AvgIpc) is 3.26. The van der Waals surface area contributed by atoms with Gasteiger partial charge >= 0.3 is 0 Å². The van der Waals surface area contributed by atoms with Gasteiger partial charge in [-0.2, -0.15) is 0 Å². The summed E-state index contributed by atoms with van der Waals surface area (Å²) in [5, 5.41) is 12.8. The first-order valence-electron chi connectivity index (χ1n) is 7.20. The minimum absolute atomic E-state index is 0.501. The van der Waals surface area contributed by atoms with Crippen molar-refractivity contribution in [2.24, 2.45) is 5.73 Å². The summed E-state index contributed by atoms with van der Waals surface area (Å²) in [5.74, 6) is 1.82. The number of aromatic nitrogens is 4. The van der Waals surface area contributed by atoms with Crippen molar-refractivity contribution in [2.75, 3.05) is 12.4 Å². The molecule has 2 N–H and O–H groups in total. The number of nitrogens with zero attached hydrogens (tertiary/aromatic N) is 4. The molecule has 1 fully saturated rings. The van der Waals surface area contributed by atoms with Gasteiger partial charge in [0.15, 0.2) is 0 Å². The van der Waals surface area contributed by atoms with Crippen LogP contribution in [0.2, 0.25) is 0 Å². The molecule has 1 aromatic heterocycles. The number of ether oxygens (including phenoxy) is 1. The van der Waals surface area contributed by atoms with Crippen molar-refractivity contribution in [2.45, 2.75) is 37.0 Å². The van der Waals surface area contributed by atoms with Gasteiger partial charge < -0.3 is 10.5 Å². The fraction of sp³-hybridized carbons (Fsp3) is 0.500. The molecule has 0 amide bonds. The van der Waals surface area contributed by atoms with Gasteiger partial charge in [0.25, 0.3) is 0 Å². The SMILES string of the molecule is NCc1ccccc1OCCCSc1nnnn1C1CC1. The summed E-state index contributed by atoms with van der Waals surface area (Å²) in [5.41, 5.74) is 6.73. The van der Waals surface area contributed by atoms with Gasteiger partial charge in [0.1, 0.15) is 5.75 Å². The van der Waals surface area contributed by atoms with Crippen molar-refractivity contribution < 1.29 is 4.74 Å². The maximum atomic E-state index is 5.79. The summed E-state index contributed by atoms with van der Waals surface area (Å²) in [4.78, 5) is 0. The van der Waals surface area contributed by atoms with Crippen LogP contribution in [0.4, 0.5) is 0 Å². The Morgan fingerprint density at radius 2 is 2.19 bits per heavy atom. The Morgan fingerprint density at radius 3 is 3.00 bits per heavy atom. The standard InChI is InChI=1S/C14H19N5OS/c15-10-11-4-1-2-5-13(11)20-8-3-9-21-14-16-17-18-19(14)12-6-7-12/h1-2,4-5,12H,3,6-10,15H2. The largest absolute Gasteiger partial charge is 0.493 e. The molecule has 1 aliphatic rings. The number of thioether (sulfide) groups is 1. The second-order valence-corrected chi connectivity index (χ2v) is 6.06. The molecule has 0 bridgehead atoms. The molecule has 1 aromatic carbocycles. The third kappa shape index (κ3) is 3.74. The molecule has 0 radical (unpaired) electrons. The van der Waals surface area contributed by atoms with Gasteiger partial charge in [-0.05, 0) is 35.8 Å². The molecule has 21 heavy (non-hydrogen) atoms. The van der Waals surface area contributed by atoms with E-state index in [9.17, 15) is 0 Å². The third-order valence-electron chi connectivity index (χ3n) is 3.33. The normalized spacial score (nSPS) is 14.3. The van der Waals surface area contributed by atoms with Crippen LogP contribution in [0.1, 0.15) is 30.9 Å². The minimum atomic E-state index is 0.501. The van der Waals surface area contributed by atoms with E-state index in [0.29, 0.717) is 19.2 Å². The highest BCUT2D eigenvalue weighted by Crippen LogP contribution is 2.36. The lowest BCUT2D eigenvalue weighted by Crippen LogP contribution is -2.05. The molecular formula is C14H19N5OS. The quantitative estimate of drug-likeness (QED) is 0.594. The molecule has 6 nitrogen and oxygen atoms in total. The molecule has 1 saturated carbocycles. The molecule has 0 unspecified atom stereocenters. The summed E-state index contributed by atoms with van der Waals surface area (Å²) < 4.78 is 7.73. The second-order valence-electron chi connectivity index (χ2n) is 5.00. The number of tetrazole rings is 1. The fourth-order valence-electron chi connectivity index (χ4n) is 2.05. The number of rotatable bonds is 8. The van der Waals surface area contributed by atoms with Gasteiger partial charge in [-0.1, -0.05) is 30.0 Å². The maximum Gasteiger partial charge on any atom is 0.209 e. The number of hydrogen-bond donors (Lipinski definition) is 1. The lowest BCUT2D eigenvalue weighted by Gasteiger charge is -2.09. The molecular weight excluding hydrogens is 286 g/mol. The van der Waals surface area contributed by atoms with Gasteiger partial charge in [-0.25, -0.2) is 4.68 Å². The van der Waals surface area contributed by atoms with Crippen molar-refractivity contribution in [3.63, 3.8) is 0 Å². The molecule has 1 heterocycles. The van der Waals surface area contributed by atoms with E-state index in [-0.39, 0.29) is 0 Å². The van der Waals surface area contributed by atoms with E-state index >= 15 is 0 Å². The molecule has 0 saturated heterocycles. The Kier molecular flexibility index (Phi) is 4.72. The van der Waals surface area contributed by atoms with E-state index in [1.54, 1.807) is 11.8 Å². The lowest BCUT2D eigenvalue weighted by molar-refractivity contribution is 0.315. The Balaban J connectivity index is 1.41. The third-order valence-corrected chi connectivity index (χ3v) is 4.34. The smallest absolute Gasteiger partial charge is 0.209 e. The Morgan fingerprint density at radius 1 is 1.33 bits per heavy atom. The van der Waals surface area contributed by atoms with Gasteiger partial charge in [0, 0.05) is 17.9 Å². The van der Waals surface area contributed by atoms with E-state index < -0.39 is 0 Å². The second kappa shape index (κ2) is 6.91. The maximum absolute atomic E-state index is 5.79. The van der Waals surface area contributed by atoms with Crippen LogP contribution in [0.5, 0.6) is 5.75 Å². The van der Waals surface area contributed by atoms with Crippen molar-refractivity contribution in [3.8, 4) is 5.75 Å². The van der Waals surface area contributed by atoms with E-state index in [4.69, 9.17) is 10.5 Å². The van der Waals surface area contributed by atoms with E-state index in [2.05, 4.69) is 15.5 Å². The number of hydrogen-bond acceptors (Lipinski definition) is 6. The average molecular weight is 305 g/mol. The van der Waals surface area contributed by atoms with Crippen molar-refractivity contribution >= 4 is 11.8 Å². The summed E-state index contributed by atoms with van der Waals surface area (Å²) in [7, 11) is 0. The summed E-state index contributed by atoms with van der Waals surface area (Å²) in [6.07, 6.45) is 3.33. The molecule has 0 spiro atoms. The van der Waals surface area contributed by atoms with Crippen LogP contribution in [0.3, 0.4) is 0 Å². The van der Waals surface area contributed by atoms with Crippen LogP contribution in [-0.4, -0.2) is 32.6 Å².